The molecule has 3 N–H and O–H groups in total. The number of pyridine rings is 1. The summed E-state index contributed by atoms with van der Waals surface area (Å²) in [6, 6.07) is 9.83. The number of hydrogen-bond donors (Lipinski definition) is 2. The normalized spacial score (nSPS) is 11.6. The van der Waals surface area contributed by atoms with Crippen LogP contribution in [0.25, 0.3) is 22.4 Å². The van der Waals surface area contributed by atoms with Gasteiger partial charge in [0.1, 0.15) is 5.69 Å². The van der Waals surface area contributed by atoms with E-state index in [1.807, 2.05) is 12.1 Å². The van der Waals surface area contributed by atoms with Crippen molar-refractivity contribution in [3.8, 4) is 22.4 Å². The molecule has 0 amide bonds. The highest BCUT2D eigenvalue weighted by Crippen LogP contribution is 2.34. The minimum absolute atomic E-state index is 0.0371. The maximum absolute atomic E-state index is 11.4. The zero-order chi connectivity index (χ0) is 17.3. The number of hydrogen-bond acceptors (Lipinski definition) is 5. The van der Waals surface area contributed by atoms with Gasteiger partial charge < -0.3 is 5.11 Å². The van der Waals surface area contributed by atoms with E-state index in [1.54, 1.807) is 36.3 Å². The summed E-state index contributed by atoms with van der Waals surface area (Å²) in [6.45, 7) is -0.170. The molecule has 0 saturated carbocycles. The first-order valence-electron chi connectivity index (χ1n) is 7.12. The lowest BCUT2D eigenvalue weighted by Gasteiger charge is -2.06. The fraction of sp³-hybridized carbons (Fsp3) is 0.125. The van der Waals surface area contributed by atoms with Gasteiger partial charge in [-0.2, -0.15) is 5.10 Å². The second-order valence-electron chi connectivity index (χ2n) is 5.26. The van der Waals surface area contributed by atoms with E-state index in [1.165, 1.54) is 12.1 Å². The third-order valence-electron chi connectivity index (χ3n) is 3.74. The van der Waals surface area contributed by atoms with E-state index in [4.69, 9.17) is 5.14 Å². The molecule has 0 aliphatic heterocycles. The zero-order valence-corrected chi connectivity index (χ0v) is 13.7. The van der Waals surface area contributed by atoms with Crippen LogP contribution in [0, 0.1) is 0 Å². The Labute approximate surface area is 139 Å². The van der Waals surface area contributed by atoms with Crippen molar-refractivity contribution in [2.24, 2.45) is 12.2 Å². The van der Waals surface area contributed by atoms with E-state index < -0.39 is 10.0 Å². The molecular weight excluding hydrogens is 328 g/mol. The molecule has 2 aromatic heterocycles. The first-order valence-corrected chi connectivity index (χ1v) is 8.67. The summed E-state index contributed by atoms with van der Waals surface area (Å²) < 4.78 is 24.4. The lowest BCUT2D eigenvalue weighted by molar-refractivity contribution is 0.271. The van der Waals surface area contributed by atoms with Gasteiger partial charge in [0.2, 0.25) is 10.0 Å². The average Bonchev–Trinajstić information content (AvgIpc) is 2.91. The molecule has 124 valence electrons. The van der Waals surface area contributed by atoms with E-state index in [0.29, 0.717) is 11.4 Å². The molecule has 0 saturated heterocycles. The minimum atomic E-state index is -3.75. The largest absolute Gasteiger partial charge is 0.390 e. The molecule has 24 heavy (non-hydrogen) atoms. The quantitative estimate of drug-likeness (QED) is 0.741. The predicted octanol–water partition coefficient (Wildman–Crippen LogP) is 1.29. The third kappa shape index (κ3) is 2.94. The van der Waals surface area contributed by atoms with Crippen molar-refractivity contribution in [2.45, 2.75) is 11.5 Å². The lowest BCUT2D eigenvalue weighted by atomic mass is 10.00. The van der Waals surface area contributed by atoms with Crippen LogP contribution in [0.5, 0.6) is 0 Å². The lowest BCUT2D eigenvalue weighted by Crippen LogP contribution is -2.11. The maximum atomic E-state index is 11.4. The average molecular weight is 344 g/mol. The Morgan fingerprint density at radius 2 is 1.71 bits per heavy atom. The van der Waals surface area contributed by atoms with Crippen molar-refractivity contribution in [3.63, 3.8) is 0 Å². The standard InChI is InChI=1S/C16H16N4O3S/c1-20-14(10-21)15(11-6-8-18-9-7-11)16(19-20)12-2-4-13(5-3-12)24(17,22)23/h2-9,21H,10H2,1H3,(H2,17,22,23). The molecule has 3 aromatic rings. The number of sulfonamides is 1. The topological polar surface area (TPSA) is 111 Å². The van der Waals surface area contributed by atoms with Crippen LogP contribution in [0.15, 0.2) is 53.7 Å². The van der Waals surface area contributed by atoms with Gasteiger partial charge >= 0.3 is 0 Å². The number of benzene rings is 1. The van der Waals surface area contributed by atoms with Gasteiger partial charge in [-0.15, -0.1) is 0 Å². The first kappa shape index (κ1) is 16.3. The van der Waals surface area contributed by atoms with Gasteiger partial charge in [-0.3, -0.25) is 9.67 Å². The van der Waals surface area contributed by atoms with E-state index in [0.717, 1.165) is 16.7 Å². The van der Waals surface area contributed by atoms with Gasteiger partial charge in [0, 0.05) is 30.6 Å². The Kier molecular flexibility index (Phi) is 4.18. The monoisotopic (exact) mass is 344 g/mol. The Balaban J connectivity index is 2.18. The van der Waals surface area contributed by atoms with E-state index in [-0.39, 0.29) is 11.5 Å². The molecule has 3 rings (SSSR count). The minimum Gasteiger partial charge on any atom is -0.390 e. The Bertz CT molecular complexity index is 965. The summed E-state index contributed by atoms with van der Waals surface area (Å²) in [5, 5.41) is 19.3. The van der Waals surface area contributed by atoms with Crippen LogP contribution in [-0.4, -0.2) is 28.3 Å². The van der Waals surface area contributed by atoms with Crippen LogP contribution in [0.1, 0.15) is 5.69 Å². The molecule has 0 spiro atoms. The molecular formula is C16H16N4O3S. The van der Waals surface area contributed by atoms with Crippen LogP contribution in [0.2, 0.25) is 0 Å². The summed E-state index contributed by atoms with van der Waals surface area (Å²) in [6.07, 6.45) is 3.33. The van der Waals surface area contributed by atoms with Crippen LogP contribution >= 0.6 is 0 Å². The molecule has 0 aliphatic rings. The summed E-state index contributed by atoms with van der Waals surface area (Å²) >= 11 is 0. The third-order valence-corrected chi connectivity index (χ3v) is 4.67. The predicted molar refractivity (Wildman–Crippen MR) is 89.2 cm³/mol. The van der Waals surface area contributed by atoms with Crippen LogP contribution in [-0.2, 0) is 23.7 Å². The highest BCUT2D eigenvalue weighted by molar-refractivity contribution is 7.89. The van der Waals surface area contributed by atoms with Gasteiger partial charge in [0.15, 0.2) is 0 Å². The number of aryl methyl sites for hydroxylation is 1. The number of nitrogens with two attached hydrogens (primary N) is 1. The number of aromatic nitrogens is 3. The second kappa shape index (κ2) is 6.16. The zero-order valence-electron chi connectivity index (χ0n) is 12.9. The van der Waals surface area contributed by atoms with Crippen LogP contribution < -0.4 is 5.14 Å². The Morgan fingerprint density at radius 3 is 2.25 bits per heavy atom. The van der Waals surface area contributed by atoms with Crippen molar-refractivity contribution in [3.05, 3.63) is 54.5 Å². The van der Waals surface area contributed by atoms with Crippen LogP contribution in [0.3, 0.4) is 0 Å². The van der Waals surface area contributed by atoms with E-state index in [9.17, 15) is 13.5 Å². The highest BCUT2D eigenvalue weighted by Gasteiger charge is 2.19. The molecule has 0 atom stereocenters. The van der Waals surface area contributed by atoms with Gasteiger partial charge in [-0.1, -0.05) is 12.1 Å². The number of primary sulfonamides is 1. The molecule has 0 bridgehead atoms. The number of aliphatic hydroxyl groups excluding tert-OH is 1. The van der Waals surface area contributed by atoms with Gasteiger partial charge in [-0.25, -0.2) is 13.6 Å². The van der Waals surface area contributed by atoms with Crippen LogP contribution in [0.4, 0.5) is 0 Å². The maximum Gasteiger partial charge on any atom is 0.238 e. The van der Waals surface area contributed by atoms with Crippen molar-refractivity contribution < 1.29 is 13.5 Å². The van der Waals surface area contributed by atoms with E-state index in [2.05, 4.69) is 10.1 Å². The summed E-state index contributed by atoms with van der Waals surface area (Å²) in [4.78, 5) is 4.04. The fourth-order valence-corrected chi connectivity index (χ4v) is 3.08. The van der Waals surface area contributed by atoms with Crippen molar-refractivity contribution in [1.82, 2.24) is 14.8 Å². The smallest absolute Gasteiger partial charge is 0.238 e. The summed E-state index contributed by atoms with van der Waals surface area (Å²) in [5.74, 6) is 0. The molecule has 0 aliphatic carbocycles. The van der Waals surface area contributed by atoms with Crippen molar-refractivity contribution in [1.29, 1.82) is 0 Å². The van der Waals surface area contributed by atoms with Gasteiger partial charge in [0.25, 0.3) is 0 Å². The molecule has 7 nitrogen and oxygen atoms in total. The summed E-state index contributed by atoms with van der Waals surface area (Å²) in [5.41, 5.74) is 3.68. The van der Waals surface area contributed by atoms with Gasteiger partial charge in [0.05, 0.1) is 17.2 Å². The van der Waals surface area contributed by atoms with E-state index >= 15 is 0 Å². The van der Waals surface area contributed by atoms with Crippen molar-refractivity contribution in [2.75, 3.05) is 0 Å². The SMILES string of the molecule is Cn1nc(-c2ccc(S(N)(=O)=O)cc2)c(-c2ccncc2)c1CO. The first-order chi connectivity index (χ1) is 11.4. The molecule has 1 aromatic carbocycles. The molecule has 0 radical (unpaired) electrons. The van der Waals surface area contributed by atoms with Crippen molar-refractivity contribution >= 4 is 10.0 Å². The number of aliphatic hydroxyl groups is 1. The highest BCUT2D eigenvalue weighted by atomic mass is 32.2. The number of rotatable bonds is 4. The fourth-order valence-electron chi connectivity index (χ4n) is 2.57. The second-order valence-corrected chi connectivity index (χ2v) is 6.82. The Morgan fingerprint density at radius 1 is 1.08 bits per heavy atom. The summed E-state index contributed by atoms with van der Waals surface area (Å²) in [7, 11) is -2.00. The number of nitrogens with zero attached hydrogens (tertiary/aromatic N) is 3. The molecule has 0 unspecified atom stereocenters. The van der Waals surface area contributed by atoms with Gasteiger partial charge in [-0.05, 0) is 29.8 Å². The molecule has 0 fully saturated rings. The Hall–Kier alpha value is -2.55. The molecule has 8 heteroatoms. The molecule has 2 heterocycles.